The third kappa shape index (κ3) is 2.23. The molecule has 1 aromatic heterocycles. The number of furan rings is 1. The van der Waals surface area contributed by atoms with Gasteiger partial charge in [0.1, 0.15) is 5.75 Å². The van der Waals surface area contributed by atoms with E-state index in [9.17, 15) is 9.18 Å². The molecule has 1 heterocycles. The van der Waals surface area contributed by atoms with Gasteiger partial charge in [-0.15, -0.1) is 0 Å². The number of anilines is 1. The van der Waals surface area contributed by atoms with Crippen molar-refractivity contribution in [1.29, 1.82) is 0 Å². The molecule has 0 spiro atoms. The van der Waals surface area contributed by atoms with Crippen LogP contribution >= 0.6 is 0 Å². The monoisotopic (exact) mass is 285 g/mol. The summed E-state index contributed by atoms with van der Waals surface area (Å²) in [5.41, 5.74) is 6.44. The van der Waals surface area contributed by atoms with Gasteiger partial charge in [-0.25, -0.2) is 4.39 Å². The third-order valence-electron chi connectivity index (χ3n) is 3.22. The van der Waals surface area contributed by atoms with E-state index in [1.54, 1.807) is 24.3 Å². The molecule has 0 saturated carbocycles. The Morgan fingerprint density at radius 1 is 1.24 bits per heavy atom. The van der Waals surface area contributed by atoms with E-state index in [0.29, 0.717) is 16.8 Å². The zero-order chi connectivity index (χ0) is 15.0. The van der Waals surface area contributed by atoms with Crippen LogP contribution < -0.4 is 10.5 Å². The Bertz CT molecular complexity index is 839. The second-order valence-electron chi connectivity index (χ2n) is 4.55. The molecule has 106 valence electrons. The van der Waals surface area contributed by atoms with Crippen LogP contribution in [-0.4, -0.2) is 12.9 Å². The van der Waals surface area contributed by atoms with Gasteiger partial charge >= 0.3 is 0 Å². The van der Waals surface area contributed by atoms with Crippen LogP contribution in [0.2, 0.25) is 0 Å². The lowest BCUT2D eigenvalue weighted by atomic mass is 10.1. The number of para-hydroxylation sites is 1. The number of rotatable bonds is 3. The summed E-state index contributed by atoms with van der Waals surface area (Å²) in [6, 6.07) is 10.8. The van der Waals surface area contributed by atoms with Crippen molar-refractivity contribution in [2.24, 2.45) is 0 Å². The molecular weight excluding hydrogens is 273 g/mol. The molecule has 3 aromatic rings. The maximum Gasteiger partial charge on any atom is 0.230 e. The molecule has 0 aliphatic rings. The van der Waals surface area contributed by atoms with E-state index in [1.165, 1.54) is 25.3 Å². The maximum atomic E-state index is 13.6. The fraction of sp³-hybridized carbons (Fsp3) is 0.0625. The van der Waals surface area contributed by atoms with Gasteiger partial charge in [0.05, 0.1) is 12.7 Å². The van der Waals surface area contributed by atoms with E-state index in [-0.39, 0.29) is 16.9 Å². The Labute approximate surface area is 119 Å². The molecule has 2 aromatic carbocycles. The molecule has 0 radical (unpaired) electrons. The van der Waals surface area contributed by atoms with Crippen molar-refractivity contribution in [3.05, 3.63) is 59.6 Å². The second-order valence-corrected chi connectivity index (χ2v) is 4.55. The quantitative estimate of drug-likeness (QED) is 0.591. The van der Waals surface area contributed by atoms with Crippen LogP contribution in [0.5, 0.6) is 5.75 Å². The summed E-state index contributed by atoms with van der Waals surface area (Å²) in [7, 11) is 1.50. The van der Waals surface area contributed by atoms with Crippen LogP contribution in [0.1, 0.15) is 16.1 Å². The normalized spacial score (nSPS) is 10.8. The van der Waals surface area contributed by atoms with Crippen LogP contribution in [0.25, 0.3) is 11.0 Å². The molecule has 0 aliphatic heterocycles. The summed E-state index contributed by atoms with van der Waals surface area (Å²) in [5.74, 6) is -0.378. The second kappa shape index (κ2) is 4.94. The van der Waals surface area contributed by atoms with E-state index in [1.807, 2.05) is 0 Å². The molecule has 0 fully saturated rings. The minimum atomic E-state index is -0.509. The highest BCUT2D eigenvalue weighted by Crippen LogP contribution is 2.27. The number of hydrogen-bond donors (Lipinski definition) is 1. The maximum absolute atomic E-state index is 13.6. The number of benzene rings is 2. The first-order chi connectivity index (χ1) is 10.1. The standard InChI is InChI=1S/C16H12FNO3/c1-20-10-5-6-13(18)11(8-10)15(19)14-7-9-3-2-4-12(17)16(9)21-14/h2-8H,18H2,1H3. The van der Waals surface area contributed by atoms with Crippen LogP contribution in [0.3, 0.4) is 0 Å². The zero-order valence-electron chi connectivity index (χ0n) is 11.2. The summed E-state index contributed by atoms with van der Waals surface area (Å²) in [5, 5.41) is 0.528. The SMILES string of the molecule is COc1ccc(N)c(C(=O)c2cc3cccc(F)c3o2)c1. The van der Waals surface area contributed by atoms with Crippen molar-refractivity contribution in [2.75, 3.05) is 12.8 Å². The smallest absolute Gasteiger partial charge is 0.230 e. The number of ether oxygens (including phenoxy) is 1. The van der Waals surface area contributed by atoms with E-state index in [4.69, 9.17) is 14.9 Å². The number of nitrogens with two attached hydrogens (primary N) is 1. The van der Waals surface area contributed by atoms with Crippen LogP contribution in [0.15, 0.2) is 46.9 Å². The van der Waals surface area contributed by atoms with Gasteiger partial charge in [-0.2, -0.15) is 0 Å². The minimum absolute atomic E-state index is 0.0371. The first-order valence-electron chi connectivity index (χ1n) is 6.26. The highest BCUT2D eigenvalue weighted by Gasteiger charge is 2.19. The Balaban J connectivity index is 2.10. The molecule has 5 heteroatoms. The number of methoxy groups -OCH3 is 1. The summed E-state index contributed by atoms with van der Waals surface area (Å²) in [4.78, 5) is 12.5. The number of carbonyl (C=O) groups is 1. The molecule has 2 N–H and O–H groups in total. The topological polar surface area (TPSA) is 65.5 Å². The van der Waals surface area contributed by atoms with Crippen LogP contribution in [-0.2, 0) is 0 Å². The molecule has 21 heavy (non-hydrogen) atoms. The Kier molecular flexibility index (Phi) is 3.10. The van der Waals surface area contributed by atoms with Gasteiger partial charge in [0.15, 0.2) is 17.2 Å². The molecule has 0 amide bonds. The lowest BCUT2D eigenvalue weighted by molar-refractivity contribution is 0.101. The molecule has 0 atom stereocenters. The van der Waals surface area contributed by atoms with E-state index >= 15 is 0 Å². The molecule has 0 bridgehead atoms. The Hall–Kier alpha value is -2.82. The molecular formula is C16H12FNO3. The van der Waals surface area contributed by atoms with Crippen LogP contribution in [0.4, 0.5) is 10.1 Å². The van der Waals surface area contributed by atoms with Gasteiger partial charge in [0, 0.05) is 11.1 Å². The lowest BCUT2D eigenvalue weighted by Gasteiger charge is -2.05. The van der Waals surface area contributed by atoms with E-state index in [2.05, 4.69) is 0 Å². The number of carbonyl (C=O) groups excluding carboxylic acids is 1. The number of ketones is 1. The van der Waals surface area contributed by atoms with Gasteiger partial charge in [-0.1, -0.05) is 12.1 Å². The van der Waals surface area contributed by atoms with Crippen molar-refractivity contribution in [3.8, 4) is 5.75 Å². The predicted octanol–water partition coefficient (Wildman–Crippen LogP) is 3.39. The van der Waals surface area contributed by atoms with Crippen molar-refractivity contribution in [3.63, 3.8) is 0 Å². The molecule has 0 unspecified atom stereocenters. The zero-order valence-corrected chi connectivity index (χ0v) is 11.2. The van der Waals surface area contributed by atoms with Crippen molar-refractivity contribution in [1.82, 2.24) is 0 Å². The fourth-order valence-corrected chi connectivity index (χ4v) is 2.13. The molecule has 4 nitrogen and oxygen atoms in total. The summed E-state index contributed by atoms with van der Waals surface area (Å²) >= 11 is 0. The largest absolute Gasteiger partial charge is 0.497 e. The van der Waals surface area contributed by atoms with E-state index in [0.717, 1.165) is 0 Å². The van der Waals surface area contributed by atoms with Gasteiger partial charge in [-0.05, 0) is 30.3 Å². The number of nitrogen functional groups attached to an aromatic ring is 1. The average Bonchev–Trinajstić information content (AvgIpc) is 2.93. The van der Waals surface area contributed by atoms with Crippen molar-refractivity contribution in [2.45, 2.75) is 0 Å². The number of fused-ring (bicyclic) bond motifs is 1. The van der Waals surface area contributed by atoms with Gasteiger partial charge in [0.2, 0.25) is 5.78 Å². The van der Waals surface area contributed by atoms with E-state index < -0.39 is 11.6 Å². The third-order valence-corrected chi connectivity index (χ3v) is 3.22. The fourth-order valence-electron chi connectivity index (χ4n) is 2.13. The lowest BCUT2D eigenvalue weighted by Crippen LogP contribution is -2.04. The van der Waals surface area contributed by atoms with Gasteiger partial charge in [-0.3, -0.25) is 4.79 Å². The van der Waals surface area contributed by atoms with Crippen molar-refractivity contribution < 1.29 is 18.3 Å². The Morgan fingerprint density at radius 3 is 2.76 bits per heavy atom. The van der Waals surface area contributed by atoms with Gasteiger partial charge in [0.25, 0.3) is 0 Å². The molecule has 3 rings (SSSR count). The first-order valence-corrected chi connectivity index (χ1v) is 6.26. The minimum Gasteiger partial charge on any atom is -0.497 e. The van der Waals surface area contributed by atoms with Gasteiger partial charge < -0.3 is 14.9 Å². The number of hydrogen-bond acceptors (Lipinski definition) is 4. The summed E-state index contributed by atoms with van der Waals surface area (Å²) < 4.78 is 24.0. The molecule has 0 aliphatic carbocycles. The highest BCUT2D eigenvalue weighted by atomic mass is 19.1. The highest BCUT2D eigenvalue weighted by molar-refractivity contribution is 6.12. The average molecular weight is 285 g/mol. The van der Waals surface area contributed by atoms with Crippen LogP contribution in [0, 0.1) is 5.82 Å². The predicted molar refractivity (Wildman–Crippen MR) is 77.0 cm³/mol. The summed E-state index contributed by atoms with van der Waals surface area (Å²) in [6.07, 6.45) is 0. The molecule has 0 saturated heterocycles. The first kappa shape index (κ1) is 13.2. The summed E-state index contributed by atoms with van der Waals surface area (Å²) in [6.45, 7) is 0. The number of halogens is 1. The van der Waals surface area contributed by atoms with Crippen molar-refractivity contribution >= 4 is 22.4 Å². The Morgan fingerprint density at radius 2 is 2.05 bits per heavy atom.